The van der Waals surface area contributed by atoms with Crippen molar-refractivity contribution in [2.45, 2.75) is 25.3 Å². The summed E-state index contributed by atoms with van der Waals surface area (Å²) in [6.07, 6.45) is 0.561. The molecule has 1 atom stereocenters. The smallest absolute Gasteiger partial charge is 0.272 e. The van der Waals surface area contributed by atoms with Crippen molar-refractivity contribution >= 4 is 50.7 Å². The van der Waals surface area contributed by atoms with Crippen LogP contribution in [0.5, 0.6) is 0 Å². The Morgan fingerprint density at radius 2 is 1.89 bits per heavy atom. The van der Waals surface area contributed by atoms with E-state index in [1.807, 2.05) is 0 Å². The van der Waals surface area contributed by atoms with Gasteiger partial charge in [0.05, 0.1) is 17.0 Å². The maximum absolute atomic E-state index is 13.0. The molecule has 1 aromatic carbocycles. The van der Waals surface area contributed by atoms with E-state index in [1.54, 1.807) is 4.72 Å². The molecule has 0 aliphatic carbocycles. The second-order valence-corrected chi connectivity index (χ2v) is 8.78. The number of benzene rings is 1. The molecule has 1 amide bonds. The number of amides is 1. The van der Waals surface area contributed by atoms with Crippen molar-refractivity contribution in [3.05, 3.63) is 44.1 Å². The third-order valence-electron chi connectivity index (χ3n) is 3.49. The van der Waals surface area contributed by atoms with Gasteiger partial charge in [0.25, 0.3) is 5.91 Å². The summed E-state index contributed by atoms with van der Waals surface area (Å²) in [6.45, 7) is -1.88. The largest absolute Gasteiger partial charge is 0.355 e. The van der Waals surface area contributed by atoms with Crippen molar-refractivity contribution in [2.24, 2.45) is 0 Å². The lowest BCUT2D eigenvalue weighted by Gasteiger charge is -2.13. The van der Waals surface area contributed by atoms with Crippen molar-refractivity contribution in [3.8, 4) is 5.69 Å². The van der Waals surface area contributed by atoms with Crippen LogP contribution in [0.25, 0.3) is 5.69 Å². The predicted molar refractivity (Wildman–Crippen MR) is 100 cm³/mol. The highest BCUT2D eigenvalue weighted by Crippen LogP contribution is 2.29. The molecule has 0 spiro atoms. The third kappa shape index (κ3) is 5.02. The maximum atomic E-state index is 13.0. The number of alkyl halides is 3. The minimum absolute atomic E-state index is 0.0542. The first-order valence-electron chi connectivity index (χ1n) is 7.42. The molecule has 154 valence electrons. The Morgan fingerprint density at radius 1 is 1.29 bits per heavy atom. The number of aryl methyl sites for hydroxylation is 1. The second-order valence-electron chi connectivity index (χ2n) is 5.69. The first-order chi connectivity index (χ1) is 12.8. The van der Waals surface area contributed by atoms with E-state index in [-0.39, 0.29) is 38.1 Å². The molecule has 1 aromatic heterocycles. The Morgan fingerprint density at radius 3 is 2.39 bits per heavy atom. The van der Waals surface area contributed by atoms with Crippen molar-refractivity contribution in [1.29, 1.82) is 0 Å². The summed E-state index contributed by atoms with van der Waals surface area (Å²) in [7, 11) is -3.81. The average molecular weight is 478 g/mol. The van der Waals surface area contributed by atoms with Gasteiger partial charge in [-0.2, -0.15) is 13.5 Å². The molecule has 0 bridgehead atoms. The Kier molecular flexibility index (Phi) is 6.74. The van der Waals surface area contributed by atoms with Gasteiger partial charge in [0.2, 0.25) is 10.0 Å². The van der Waals surface area contributed by atoms with E-state index in [0.29, 0.717) is 4.68 Å². The molecule has 1 N–H and O–H groups in total. The zero-order valence-electron chi connectivity index (χ0n) is 14.3. The lowest BCUT2D eigenvalue weighted by atomic mass is 10.1. The van der Waals surface area contributed by atoms with Crippen molar-refractivity contribution in [1.82, 2.24) is 19.1 Å². The first-order valence-corrected chi connectivity index (χ1v) is 10.5. The molecule has 2 aromatic rings. The Balaban J connectivity index is 2.45. The third-order valence-corrected chi connectivity index (χ3v) is 5.07. The monoisotopic (exact) mass is 476 g/mol. The lowest BCUT2D eigenvalue weighted by Crippen LogP contribution is -2.36. The standard InChI is InChI=1S/C14H13Cl3F2N4O4S/c1-6-20-23(14(25)22(6)13(18)19)11-4-7(8(15)5-9(11)16)3-10(17)12(24)21-28(2,26)27/h4-5,10,13H,3H2,1-2H3,(H,21,24). The number of halogens is 5. The van der Waals surface area contributed by atoms with Crippen molar-refractivity contribution in [3.63, 3.8) is 0 Å². The Bertz CT molecular complexity index is 1080. The van der Waals surface area contributed by atoms with Crippen molar-refractivity contribution in [2.75, 3.05) is 6.26 Å². The molecule has 0 saturated heterocycles. The van der Waals surface area contributed by atoms with Gasteiger partial charge in [0.1, 0.15) is 11.2 Å². The van der Waals surface area contributed by atoms with Gasteiger partial charge in [-0.3, -0.25) is 9.52 Å². The molecule has 0 saturated carbocycles. The molecular formula is C14H13Cl3F2N4O4S. The highest BCUT2D eigenvalue weighted by atomic mass is 35.5. The fourth-order valence-electron chi connectivity index (χ4n) is 2.29. The molecule has 0 radical (unpaired) electrons. The summed E-state index contributed by atoms with van der Waals surface area (Å²) < 4.78 is 50.8. The van der Waals surface area contributed by atoms with Gasteiger partial charge in [-0.15, -0.1) is 16.7 Å². The number of hydrogen-bond donors (Lipinski definition) is 1. The van der Waals surface area contributed by atoms with Crippen LogP contribution in [0, 0.1) is 6.92 Å². The summed E-state index contributed by atoms with van der Waals surface area (Å²) >= 11 is 18.1. The number of carbonyl (C=O) groups is 1. The van der Waals surface area contributed by atoms with Crippen LogP contribution in [0.2, 0.25) is 10.0 Å². The summed E-state index contributed by atoms with van der Waals surface area (Å²) in [4.78, 5) is 24.0. The minimum Gasteiger partial charge on any atom is -0.272 e. The molecule has 1 unspecified atom stereocenters. The van der Waals surface area contributed by atoms with Gasteiger partial charge < -0.3 is 0 Å². The molecule has 1 heterocycles. The molecule has 14 heteroatoms. The lowest BCUT2D eigenvalue weighted by molar-refractivity contribution is -0.119. The predicted octanol–water partition coefficient (Wildman–Crippen LogP) is 2.27. The molecular weight excluding hydrogens is 465 g/mol. The maximum Gasteiger partial charge on any atom is 0.355 e. The van der Waals surface area contributed by atoms with E-state index in [9.17, 15) is 26.8 Å². The summed E-state index contributed by atoms with van der Waals surface area (Å²) in [5, 5.41) is 2.46. The Hall–Kier alpha value is -1.69. The normalized spacial score (nSPS) is 13.0. The fourth-order valence-corrected chi connectivity index (χ4v) is 3.62. The fraction of sp³-hybridized carbons (Fsp3) is 0.357. The van der Waals surface area contributed by atoms with Crippen LogP contribution < -0.4 is 10.4 Å². The quantitative estimate of drug-likeness (QED) is 0.643. The minimum atomic E-state index is -3.81. The van der Waals surface area contributed by atoms with Crippen LogP contribution in [-0.2, 0) is 21.2 Å². The summed E-state index contributed by atoms with van der Waals surface area (Å²) in [6, 6.07) is 2.49. The molecule has 0 aliphatic heterocycles. The van der Waals surface area contributed by atoms with Crippen LogP contribution in [0.4, 0.5) is 8.78 Å². The number of hydrogen-bond acceptors (Lipinski definition) is 5. The number of nitrogens with one attached hydrogen (secondary N) is 1. The van der Waals surface area contributed by atoms with E-state index in [1.165, 1.54) is 19.1 Å². The number of sulfonamides is 1. The van der Waals surface area contributed by atoms with Crippen molar-refractivity contribution < 1.29 is 22.0 Å². The highest BCUT2D eigenvalue weighted by Gasteiger charge is 2.23. The van der Waals surface area contributed by atoms with E-state index in [4.69, 9.17) is 34.8 Å². The average Bonchev–Trinajstić information content (AvgIpc) is 2.82. The van der Waals surface area contributed by atoms with E-state index >= 15 is 0 Å². The van der Waals surface area contributed by atoms with E-state index in [0.717, 1.165) is 6.26 Å². The highest BCUT2D eigenvalue weighted by molar-refractivity contribution is 7.89. The van der Waals surface area contributed by atoms with E-state index < -0.39 is 33.5 Å². The van der Waals surface area contributed by atoms with Gasteiger partial charge in [0, 0.05) is 5.02 Å². The van der Waals surface area contributed by atoms with Crippen LogP contribution in [0.15, 0.2) is 16.9 Å². The van der Waals surface area contributed by atoms with Gasteiger partial charge in [-0.1, -0.05) is 23.2 Å². The zero-order chi connectivity index (χ0) is 21.4. The molecule has 0 aliphatic rings. The molecule has 8 nitrogen and oxygen atoms in total. The molecule has 28 heavy (non-hydrogen) atoms. The second kappa shape index (κ2) is 8.36. The summed E-state index contributed by atoms with van der Waals surface area (Å²) in [5.74, 6) is -1.22. The topological polar surface area (TPSA) is 103 Å². The van der Waals surface area contributed by atoms with E-state index in [2.05, 4.69) is 5.10 Å². The number of aromatic nitrogens is 3. The van der Waals surface area contributed by atoms with Crippen LogP contribution >= 0.6 is 34.8 Å². The number of carbonyl (C=O) groups excluding carboxylic acids is 1. The zero-order valence-corrected chi connectivity index (χ0v) is 17.4. The number of rotatable bonds is 6. The SMILES string of the molecule is Cc1nn(-c2cc(CC(Cl)C(=O)NS(C)(=O)=O)c(Cl)cc2Cl)c(=O)n1C(F)F. The molecule has 0 fully saturated rings. The van der Waals surface area contributed by atoms with Crippen LogP contribution in [0.3, 0.4) is 0 Å². The summed E-state index contributed by atoms with van der Waals surface area (Å²) in [5.41, 5.74) is -0.957. The van der Waals surface area contributed by atoms with Crippen LogP contribution in [-0.4, -0.2) is 40.3 Å². The molecule has 2 rings (SSSR count). The van der Waals surface area contributed by atoms with Gasteiger partial charge >= 0.3 is 12.2 Å². The van der Waals surface area contributed by atoms with Crippen LogP contribution in [0.1, 0.15) is 17.9 Å². The van der Waals surface area contributed by atoms with Gasteiger partial charge in [-0.05, 0) is 31.0 Å². The Labute approximate surface area is 173 Å². The van der Waals surface area contributed by atoms with Gasteiger partial charge in [-0.25, -0.2) is 17.8 Å². The first kappa shape index (κ1) is 22.6. The number of nitrogens with zero attached hydrogens (tertiary/aromatic N) is 3. The van der Waals surface area contributed by atoms with Gasteiger partial charge in [0.15, 0.2) is 0 Å².